The van der Waals surface area contributed by atoms with Crippen molar-refractivity contribution in [3.63, 3.8) is 0 Å². The van der Waals surface area contributed by atoms with E-state index in [2.05, 4.69) is 25.1 Å². The van der Waals surface area contributed by atoms with Crippen LogP contribution in [0.5, 0.6) is 5.75 Å². The number of hydrogen-bond acceptors (Lipinski definition) is 2. The van der Waals surface area contributed by atoms with Crippen molar-refractivity contribution in [1.29, 1.82) is 0 Å². The summed E-state index contributed by atoms with van der Waals surface area (Å²) < 4.78 is 5.70. The molecule has 0 aromatic heterocycles. The van der Waals surface area contributed by atoms with Gasteiger partial charge in [0.1, 0.15) is 11.9 Å². The molecule has 0 spiro atoms. The van der Waals surface area contributed by atoms with Crippen molar-refractivity contribution in [3.05, 3.63) is 29.3 Å². The summed E-state index contributed by atoms with van der Waals surface area (Å²) in [6.45, 7) is 2.38. The molecule has 86 valence electrons. The first-order chi connectivity index (χ1) is 7.73. The van der Waals surface area contributed by atoms with E-state index in [0.29, 0.717) is 6.10 Å². The fourth-order valence-electron chi connectivity index (χ4n) is 2.89. The average molecular weight is 218 g/mol. The Morgan fingerprint density at radius 3 is 2.88 bits per heavy atom. The number of benzene rings is 1. The van der Waals surface area contributed by atoms with E-state index in [4.69, 9.17) is 4.74 Å². The molecule has 1 fully saturated rings. The largest absolute Gasteiger partial charge is 0.490 e. The van der Waals surface area contributed by atoms with Gasteiger partial charge < -0.3 is 9.84 Å². The van der Waals surface area contributed by atoms with Crippen LogP contribution in [0.1, 0.15) is 37.3 Å². The van der Waals surface area contributed by atoms with Gasteiger partial charge in [0.05, 0.1) is 6.61 Å². The molecule has 1 atom stereocenters. The first-order valence-corrected chi connectivity index (χ1v) is 6.14. The number of ether oxygens (including phenoxy) is 1. The quantitative estimate of drug-likeness (QED) is 0.826. The SMILES string of the molecule is CC1Cc2cc(C3(CO)CCC3)ccc2O1. The summed E-state index contributed by atoms with van der Waals surface area (Å²) in [7, 11) is 0. The van der Waals surface area contributed by atoms with Gasteiger partial charge in [0.2, 0.25) is 0 Å². The van der Waals surface area contributed by atoms with Crippen molar-refractivity contribution < 1.29 is 9.84 Å². The third kappa shape index (κ3) is 1.36. The number of hydrogen-bond donors (Lipinski definition) is 1. The molecule has 1 aliphatic carbocycles. The van der Waals surface area contributed by atoms with E-state index < -0.39 is 0 Å². The first kappa shape index (κ1) is 10.2. The van der Waals surface area contributed by atoms with Crippen molar-refractivity contribution in [1.82, 2.24) is 0 Å². The highest BCUT2D eigenvalue weighted by Gasteiger charge is 2.38. The van der Waals surface area contributed by atoms with E-state index in [1.54, 1.807) is 0 Å². The minimum Gasteiger partial charge on any atom is -0.490 e. The van der Waals surface area contributed by atoms with Crippen LogP contribution in [-0.4, -0.2) is 17.8 Å². The molecule has 2 heteroatoms. The number of aliphatic hydroxyl groups excluding tert-OH is 1. The Balaban J connectivity index is 1.96. The zero-order valence-corrected chi connectivity index (χ0v) is 9.70. The minimum atomic E-state index is 0.0564. The fourth-order valence-corrected chi connectivity index (χ4v) is 2.89. The Kier molecular flexibility index (Phi) is 2.21. The molecule has 1 aliphatic heterocycles. The van der Waals surface area contributed by atoms with Gasteiger partial charge in [0.15, 0.2) is 0 Å². The van der Waals surface area contributed by atoms with E-state index >= 15 is 0 Å². The zero-order chi connectivity index (χ0) is 11.2. The van der Waals surface area contributed by atoms with Gasteiger partial charge in [-0.1, -0.05) is 18.6 Å². The van der Waals surface area contributed by atoms with Gasteiger partial charge in [-0.05, 0) is 37.0 Å². The average Bonchev–Trinajstić information content (AvgIpc) is 2.56. The van der Waals surface area contributed by atoms with Crippen molar-refractivity contribution >= 4 is 0 Å². The molecule has 0 bridgehead atoms. The maximum absolute atomic E-state index is 9.56. The molecule has 1 saturated carbocycles. The summed E-state index contributed by atoms with van der Waals surface area (Å²) in [5.41, 5.74) is 2.67. The molecular formula is C14H18O2. The molecule has 1 N–H and O–H groups in total. The second kappa shape index (κ2) is 3.49. The normalized spacial score (nSPS) is 25.8. The highest BCUT2D eigenvalue weighted by molar-refractivity contribution is 5.43. The smallest absolute Gasteiger partial charge is 0.123 e. The highest BCUT2D eigenvalue weighted by atomic mass is 16.5. The lowest BCUT2D eigenvalue weighted by Gasteiger charge is -2.41. The van der Waals surface area contributed by atoms with Gasteiger partial charge in [-0.25, -0.2) is 0 Å². The summed E-state index contributed by atoms with van der Waals surface area (Å²) in [4.78, 5) is 0. The van der Waals surface area contributed by atoms with Crippen LogP contribution in [0.15, 0.2) is 18.2 Å². The van der Waals surface area contributed by atoms with Gasteiger partial charge in [0, 0.05) is 11.8 Å². The Labute approximate surface area is 96.2 Å². The van der Waals surface area contributed by atoms with Crippen molar-refractivity contribution in [3.8, 4) is 5.75 Å². The lowest BCUT2D eigenvalue weighted by molar-refractivity contribution is 0.120. The third-order valence-electron chi connectivity index (χ3n) is 4.12. The van der Waals surface area contributed by atoms with E-state index in [1.165, 1.54) is 17.5 Å². The molecule has 1 aromatic rings. The van der Waals surface area contributed by atoms with Gasteiger partial charge >= 0.3 is 0 Å². The van der Waals surface area contributed by atoms with Gasteiger partial charge in [-0.3, -0.25) is 0 Å². The third-order valence-corrected chi connectivity index (χ3v) is 4.12. The second-order valence-electron chi connectivity index (χ2n) is 5.25. The molecule has 1 aromatic carbocycles. The summed E-state index contributed by atoms with van der Waals surface area (Å²) >= 11 is 0. The Morgan fingerprint density at radius 1 is 1.44 bits per heavy atom. The minimum absolute atomic E-state index is 0.0564. The number of rotatable bonds is 2. The van der Waals surface area contributed by atoms with Gasteiger partial charge in [-0.15, -0.1) is 0 Å². The Bertz CT molecular complexity index is 402. The molecule has 0 amide bonds. The van der Waals surface area contributed by atoms with E-state index in [9.17, 15) is 5.11 Å². The standard InChI is InChI=1S/C14H18O2/c1-10-7-11-8-12(3-4-13(11)16-10)14(9-15)5-2-6-14/h3-4,8,10,15H,2,5-7,9H2,1H3. The Hall–Kier alpha value is -1.02. The molecule has 0 saturated heterocycles. The van der Waals surface area contributed by atoms with Crippen LogP contribution in [0.25, 0.3) is 0 Å². The molecule has 3 rings (SSSR count). The van der Waals surface area contributed by atoms with Gasteiger partial charge in [0.25, 0.3) is 0 Å². The molecule has 16 heavy (non-hydrogen) atoms. The van der Waals surface area contributed by atoms with Crippen molar-refractivity contribution in [2.75, 3.05) is 6.61 Å². The van der Waals surface area contributed by atoms with Crippen LogP contribution in [0.2, 0.25) is 0 Å². The van der Waals surface area contributed by atoms with E-state index in [-0.39, 0.29) is 12.0 Å². The lowest BCUT2D eigenvalue weighted by atomic mass is 9.65. The molecule has 2 nitrogen and oxygen atoms in total. The maximum Gasteiger partial charge on any atom is 0.123 e. The predicted molar refractivity (Wildman–Crippen MR) is 62.9 cm³/mol. The second-order valence-corrected chi connectivity index (χ2v) is 5.25. The van der Waals surface area contributed by atoms with Crippen molar-refractivity contribution in [2.24, 2.45) is 0 Å². The number of aliphatic hydroxyl groups is 1. The summed E-state index contributed by atoms with van der Waals surface area (Å²) in [5, 5.41) is 9.56. The molecule has 1 heterocycles. The molecule has 0 radical (unpaired) electrons. The fraction of sp³-hybridized carbons (Fsp3) is 0.571. The topological polar surface area (TPSA) is 29.5 Å². The van der Waals surface area contributed by atoms with Gasteiger partial charge in [-0.2, -0.15) is 0 Å². The summed E-state index contributed by atoms with van der Waals surface area (Å²) in [6.07, 6.45) is 4.80. The van der Waals surface area contributed by atoms with Crippen LogP contribution in [0.4, 0.5) is 0 Å². The van der Waals surface area contributed by atoms with Crippen LogP contribution in [0, 0.1) is 0 Å². The van der Waals surface area contributed by atoms with Crippen molar-refractivity contribution in [2.45, 2.75) is 44.1 Å². The first-order valence-electron chi connectivity index (χ1n) is 6.14. The van der Waals surface area contributed by atoms with Crippen LogP contribution >= 0.6 is 0 Å². The zero-order valence-electron chi connectivity index (χ0n) is 9.70. The van der Waals surface area contributed by atoms with E-state index in [0.717, 1.165) is 25.0 Å². The highest BCUT2D eigenvalue weighted by Crippen LogP contribution is 2.45. The molecule has 1 unspecified atom stereocenters. The number of fused-ring (bicyclic) bond motifs is 1. The Morgan fingerprint density at radius 2 is 2.25 bits per heavy atom. The predicted octanol–water partition coefficient (Wildman–Crippen LogP) is 2.42. The summed E-state index contributed by atoms with van der Waals surface area (Å²) in [6, 6.07) is 6.45. The lowest BCUT2D eigenvalue weighted by Crippen LogP contribution is -2.37. The summed E-state index contributed by atoms with van der Waals surface area (Å²) in [5.74, 6) is 1.03. The monoisotopic (exact) mass is 218 g/mol. The molecule has 2 aliphatic rings. The van der Waals surface area contributed by atoms with E-state index in [1.807, 2.05) is 0 Å². The maximum atomic E-state index is 9.56. The van der Waals surface area contributed by atoms with Crippen LogP contribution < -0.4 is 4.74 Å². The molecular weight excluding hydrogens is 200 g/mol. The van der Waals surface area contributed by atoms with Crippen LogP contribution in [0.3, 0.4) is 0 Å². The van der Waals surface area contributed by atoms with Crippen LogP contribution in [-0.2, 0) is 11.8 Å².